The molecule has 0 aliphatic heterocycles. The highest BCUT2D eigenvalue weighted by molar-refractivity contribution is 5.92. The SMILES string of the molecule is Cc1n[nH]c(C)c1CCCNC(=O)c1cc(C(F)F)[nH]n1. The van der Waals surface area contributed by atoms with Crippen molar-refractivity contribution in [3.8, 4) is 0 Å². The quantitative estimate of drug-likeness (QED) is 0.713. The molecule has 114 valence electrons. The lowest BCUT2D eigenvalue weighted by Crippen LogP contribution is -2.25. The molecule has 0 aliphatic rings. The Labute approximate surface area is 120 Å². The number of aryl methyl sites for hydroxylation is 2. The molecule has 2 rings (SSSR count). The van der Waals surface area contributed by atoms with Crippen LogP contribution in [-0.2, 0) is 6.42 Å². The summed E-state index contributed by atoms with van der Waals surface area (Å²) in [6.45, 7) is 4.32. The predicted octanol–water partition coefficient (Wildman–Crippen LogP) is 2.05. The summed E-state index contributed by atoms with van der Waals surface area (Å²) in [6, 6.07) is 1.06. The van der Waals surface area contributed by atoms with Gasteiger partial charge in [-0.25, -0.2) is 8.78 Å². The number of alkyl halides is 2. The second-order valence-electron chi connectivity index (χ2n) is 4.78. The molecule has 0 fully saturated rings. The van der Waals surface area contributed by atoms with Gasteiger partial charge in [-0.15, -0.1) is 0 Å². The largest absolute Gasteiger partial charge is 0.351 e. The third-order valence-electron chi connectivity index (χ3n) is 3.24. The number of nitrogens with zero attached hydrogens (tertiary/aromatic N) is 2. The monoisotopic (exact) mass is 297 g/mol. The van der Waals surface area contributed by atoms with Crippen LogP contribution in [-0.4, -0.2) is 32.8 Å². The number of amides is 1. The third-order valence-corrected chi connectivity index (χ3v) is 3.24. The van der Waals surface area contributed by atoms with Gasteiger partial charge in [-0.2, -0.15) is 10.2 Å². The molecule has 0 bridgehead atoms. The Morgan fingerprint density at radius 3 is 2.67 bits per heavy atom. The summed E-state index contributed by atoms with van der Waals surface area (Å²) in [6.07, 6.45) is -1.14. The fraction of sp³-hybridized carbons (Fsp3) is 0.462. The fourth-order valence-electron chi connectivity index (χ4n) is 2.06. The Hall–Kier alpha value is -2.25. The molecule has 2 aromatic rings. The first kappa shape index (κ1) is 15.1. The molecule has 0 radical (unpaired) electrons. The first-order chi connectivity index (χ1) is 9.99. The Morgan fingerprint density at radius 2 is 2.10 bits per heavy atom. The van der Waals surface area contributed by atoms with E-state index in [0.717, 1.165) is 35.9 Å². The van der Waals surface area contributed by atoms with Crippen molar-refractivity contribution >= 4 is 5.91 Å². The summed E-state index contributed by atoms with van der Waals surface area (Å²) >= 11 is 0. The van der Waals surface area contributed by atoms with E-state index in [2.05, 4.69) is 25.7 Å². The van der Waals surface area contributed by atoms with Crippen LogP contribution in [0.1, 0.15) is 46.0 Å². The normalized spacial score (nSPS) is 11.1. The molecule has 0 atom stereocenters. The number of nitrogens with one attached hydrogen (secondary N) is 3. The Balaban J connectivity index is 1.79. The Bertz CT molecular complexity index is 600. The van der Waals surface area contributed by atoms with Crippen LogP contribution in [0.3, 0.4) is 0 Å². The fourth-order valence-corrected chi connectivity index (χ4v) is 2.06. The van der Waals surface area contributed by atoms with E-state index in [4.69, 9.17) is 0 Å². The van der Waals surface area contributed by atoms with Crippen LogP contribution >= 0.6 is 0 Å². The van der Waals surface area contributed by atoms with E-state index in [0.29, 0.717) is 6.54 Å². The molecule has 2 heterocycles. The summed E-state index contributed by atoms with van der Waals surface area (Å²) in [5, 5.41) is 15.4. The number of hydrogen-bond acceptors (Lipinski definition) is 3. The van der Waals surface area contributed by atoms with Crippen molar-refractivity contribution in [3.63, 3.8) is 0 Å². The van der Waals surface area contributed by atoms with Gasteiger partial charge in [0.1, 0.15) is 11.4 Å². The number of aromatic amines is 2. The summed E-state index contributed by atoms with van der Waals surface area (Å²) in [4.78, 5) is 11.7. The van der Waals surface area contributed by atoms with Crippen LogP contribution in [0.25, 0.3) is 0 Å². The van der Waals surface area contributed by atoms with Crippen LogP contribution in [0.5, 0.6) is 0 Å². The molecule has 0 unspecified atom stereocenters. The van der Waals surface area contributed by atoms with Crippen molar-refractivity contribution in [2.75, 3.05) is 6.54 Å². The van der Waals surface area contributed by atoms with Gasteiger partial charge in [0.25, 0.3) is 12.3 Å². The Kier molecular flexibility index (Phi) is 4.66. The zero-order chi connectivity index (χ0) is 15.4. The molecular formula is C13H17F2N5O. The average Bonchev–Trinajstić information content (AvgIpc) is 3.04. The lowest BCUT2D eigenvalue weighted by Gasteiger charge is -2.03. The zero-order valence-electron chi connectivity index (χ0n) is 11.8. The summed E-state index contributed by atoms with van der Waals surface area (Å²) in [7, 11) is 0. The summed E-state index contributed by atoms with van der Waals surface area (Å²) in [5.41, 5.74) is 2.73. The van der Waals surface area contributed by atoms with E-state index < -0.39 is 12.3 Å². The van der Waals surface area contributed by atoms with Crippen molar-refractivity contribution in [3.05, 3.63) is 34.4 Å². The van der Waals surface area contributed by atoms with Gasteiger partial charge in [0.2, 0.25) is 0 Å². The van der Waals surface area contributed by atoms with Crippen molar-refractivity contribution < 1.29 is 13.6 Å². The second-order valence-corrected chi connectivity index (χ2v) is 4.78. The molecule has 3 N–H and O–H groups in total. The molecule has 0 spiro atoms. The molecule has 1 amide bonds. The van der Waals surface area contributed by atoms with Crippen LogP contribution < -0.4 is 5.32 Å². The van der Waals surface area contributed by atoms with Crippen molar-refractivity contribution in [2.24, 2.45) is 0 Å². The minimum Gasteiger partial charge on any atom is -0.351 e. The number of carbonyl (C=O) groups is 1. The van der Waals surface area contributed by atoms with Gasteiger partial charge in [0.15, 0.2) is 0 Å². The van der Waals surface area contributed by atoms with E-state index in [1.807, 2.05) is 13.8 Å². The summed E-state index contributed by atoms with van der Waals surface area (Å²) in [5.74, 6) is -0.459. The molecule has 0 aromatic carbocycles. The molecule has 21 heavy (non-hydrogen) atoms. The van der Waals surface area contributed by atoms with E-state index in [9.17, 15) is 13.6 Å². The maximum Gasteiger partial charge on any atom is 0.279 e. The molecule has 0 saturated heterocycles. The maximum absolute atomic E-state index is 12.4. The number of aromatic nitrogens is 4. The van der Waals surface area contributed by atoms with Gasteiger partial charge >= 0.3 is 0 Å². The van der Waals surface area contributed by atoms with Crippen molar-refractivity contribution in [1.29, 1.82) is 0 Å². The lowest BCUT2D eigenvalue weighted by molar-refractivity contribution is 0.0948. The average molecular weight is 297 g/mol. The molecular weight excluding hydrogens is 280 g/mol. The molecule has 8 heteroatoms. The van der Waals surface area contributed by atoms with Crippen molar-refractivity contribution in [1.82, 2.24) is 25.7 Å². The lowest BCUT2D eigenvalue weighted by atomic mass is 10.1. The molecule has 0 saturated carbocycles. The molecule has 0 aliphatic carbocycles. The standard InChI is InChI=1S/C13H17F2N5O/c1-7-9(8(2)18-17-7)4-3-5-16-13(21)11-6-10(12(14)15)19-20-11/h6,12H,3-5H2,1-2H3,(H,16,21)(H,17,18)(H,19,20). The highest BCUT2D eigenvalue weighted by Crippen LogP contribution is 2.16. The highest BCUT2D eigenvalue weighted by atomic mass is 19.3. The van der Waals surface area contributed by atoms with Gasteiger partial charge in [-0.05, 0) is 38.3 Å². The van der Waals surface area contributed by atoms with Crippen LogP contribution in [0.4, 0.5) is 8.78 Å². The minimum absolute atomic E-state index is 0.0269. The third kappa shape index (κ3) is 3.65. The summed E-state index contributed by atoms with van der Waals surface area (Å²) < 4.78 is 24.7. The number of carbonyl (C=O) groups excluding carboxylic acids is 1. The van der Waals surface area contributed by atoms with E-state index >= 15 is 0 Å². The smallest absolute Gasteiger partial charge is 0.279 e. The topological polar surface area (TPSA) is 86.5 Å². The first-order valence-corrected chi connectivity index (χ1v) is 6.61. The van der Waals surface area contributed by atoms with E-state index in [1.54, 1.807) is 0 Å². The van der Waals surface area contributed by atoms with Gasteiger partial charge in [0.05, 0.1) is 5.69 Å². The number of rotatable bonds is 6. The minimum atomic E-state index is -2.66. The van der Waals surface area contributed by atoms with E-state index in [1.165, 1.54) is 0 Å². The van der Waals surface area contributed by atoms with E-state index in [-0.39, 0.29) is 11.4 Å². The van der Waals surface area contributed by atoms with Gasteiger partial charge in [0, 0.05) is 12.2 Å². The second kappa shape index (κ2) is 6.47. The zero-order valence-corrected chi connectivity index (χ0v) is 11.8. The van der Waals surface area contributed by atoms with Gasteiger partial charge < -0.3 is 5.32 Å². The molecule has 6 nitrogen and oxygen atoms in total. The number of hydrogen-bond donors (Lipinski definition) is 3. The van der Waals surface area contributed by atoms with Crippen molar-refractivity contribution in [2.45, 2.75) is 33.1 Å². The van der Waals surface area contributed by atoms with Gasteiger partial charge in [-0.1, -0.05) is 0 Å². The first-order valence-electron chi connectivity index (χ1n) is 6.61. The number of halogens is 2. The number of H-pyrrole nitrogens is 2. The Morgan fingerprint density at radius 1 is 1.33 bits per heavy atom. The van der Waals surface area contributed by atoms with Crippen LogP contribution in [0, 0.1) is 13.8 Å². The van der Waals surface area contributed by atoms with Crippen LogP contribution in [0.2, 0.25) is 0 Å². The van der Waals surface area contributed by atoms with Crippen LogP contribution in [0.15, 0.2) is 6.07 Å². The van der Waals surface area contributed by atoms with Gasteiger partial charge in [-0.3, -0.25) is 15.0 Å². The molecule has 2 aromatic heterocycles. The predicted molar refractivity (Wildman–Crippen MR) is 72.3 cm³/mol. The highest BCUT2D eigenvalue weighted by Gasteiger charge is 2.15. The maximum atomic E-state index is 12.4.